The van der Waals surface area contributed by atoms with Crippen molar-refractivity contribution in [3.8, 4) is 33.6 Å². The number of nitrogens with zero attached hydrogens (tertiary/aromatic N) is 4. The monoisotopic (exact) mass is 752 g/mol. The molecule has 0 radical (unpaired) electrons. The van der Waals surface area contributed by atoms with Crippen molar-refractivity contribution in [2.75, 3.05) is 27.3 Å². The maximum Gasteiger partial charge on any atom is 0.407 e. The molecule has 3 aliphatic rings. The second-order valence-electron chi connectivity index (χ2n) is 14.5. The Morgan fingerprint density at radius 3 is 1.84 bits per heavy atom. The minimum atomic E-state index is -0.893. The SMILES string of the molecule is COC(=O)N[C@H](C(=O)N1CCCC1c1ncc(-c2ccc(-c3ccc(-c4cnc([C@@H]5CCCN5C(=O)[C@H]5CC[C@@H](OC(N)=O)C5)[nH]4)cc3)cc2)[nH]1)C(C)OC. The van der Waals surface area contributed by atoms with Crippen LogP contribution in [-0.2, 0) is 23.8 Å². The van der Waals surface area contributed by atoms with E-state index < -0.39 is 24.3 Å². The lowest BCUT2D eigenvalue weighted by Crippen LogP contribution is -2.54. The van der Waals surface area contributed by atoms with Crippen molar-refractivity contribution >= 4 is 24.0 Å². The Morgan fingerprint density at radius 2 is 1.31 bits per heavy atom. The zero-order chi connectivity index (χ0) is 38.6. The van der Waals surface area contributed by atoms with Crippen molar-refractivity contribution in [1.82, 2.24) is 35.1 Å². The van der Waals surface area contributed by atoms with Crippen LogP contribution in [0.4, 0.5) is 9.59 Å². The van der Waals surface area contributed by atoms with Gasteiger partial charge < -0.3 is 45.0 Å². The van der Waals surface area contributed by atoms with E-state index in [1.54, 1.807) is 18.0 Å². The molecule has 5 N–H and O–H groups in total. The van der Waals surface area contributed by atoms with Gasteiger partial charge in [0.2, 0.25) is 11.8 Å². The van der Waals surface area contributed by atoms with E-state index in [9.17, 15) is 19.2 Å². The van der Waals surface area contributed by atoms with Gasteiger partial charge in [0, 0.05) is 26.1 Å². The summed E-state index contributed by atoms with van der Waals surface area (Å²) in [6, 6.07) is 15.2. The lowest BCUT2D eigenvalue weighted by atomic mass is 10.0. The summed E-state index contributed by atoms with van der Waals surface area (Å²) < 4.78 is 15.3. The van der Waals surface area contributed by atoms with Crippen molar-refractivity contribution in [3.63, 3.8) is 0 Å². The van der Waals surface area contributed by atoms with E-state index in [2.05, 4.69) is 56.7 Å². The van der Waals surface area contributed by atoms with Crippen LogP contribution in [0.25, 0.3) is 33.6 Å². The van der Waals surface area contributed by atoms with Gasteiger partial charge >= 0.3 is 12.2 Å². The van der Waals surface area contributed by atoms with Crippen molar-refractivity contribution in [1.29, 1.82) is 0 Å². The highest BCUT2D eigenvalue weighted by atomic mass is 16.6. The molecule has 0 spiro atoms. The van der Waals surface area contributed by atoms with Crippen LogP contribution in [0.5, 0.6) is 0 Å². The Labute approximate surface area is 319 Å². The number of hydrogen-bond acceptors (Lipinski definition) is 9. The number of carbonyl (C=O) groups is 4. The average molecular weight is 753 g/mol. The number of primary amides is 1. The molecule has 0 bridgehead atoms. The molecule has 55 heavy (non-hydrogen) atoms. The molecule has 4 amide bonds. The molecule has 2 aromatic heterocycles. The molecule has 4 aromatic rings. The molecule has 15 heteroatoms. The summed E-state index contributed by atoms with van der Waals surface area (Å²) in [5.74, 6) is 1.13. The van der Waals surface area contributed by atoms with E-state index in [1.807, 2.05) is 23.2 Å². The number of amides is 4. The van der Waals surface area contributed by atoms with E-state index in [4.69, 9.17) is 24.9 Å². The normalized spacial score (nSPS) is 22.0. The summed E-state index contributed by atoms with van der Waals surface area (Å²) in [6.07, 6.45) is 6.41. The van der Waals surface area contributed by atoms with Gasteiger partial charge in [-0.1, -0.05) is 48.5 Å². The van der Waals surface area contributed by atoms with Crippen molar-refractivity contribution in [3.05, 3.63) is 72.6 Å². The van der Waals surface area contributed by atoms with Gasteiger partial charge in [-0.15, -0.1) is 0 Å². The van der Waals surface area contributed by atoms with Gasteiger partial charge in [0.05, 0.1) is 49.1 Å². The van der Waals surface area contributed by atoms with Crippen LogP contribution in [-0.4, -0.2) is 99.3 Å². The summed E-state index contributed by atoms with van der Waals surface area (Å²) in [7, 11) is 2.76. The quantitative estimate of drug-likeness (QED) is 0.153. The molecule has 6 atom stereocenters. The Morgan fingerprint density at radius 1 is 0.782 bits per heavy atom. The molecule has 2 unspecified atom stereocenters. The largest absolute Gasteiger partial charge is 0.453 e. The Balaban J connectivity index is 0.983. The Hall–Kier alpha value is -5.70. The number of methoxy groups -OCH3 is 2. The maximum atomic E-state index is 13.6. The first kappa shape index (κ1) is 37.6. The van der Waals surface area contributed by atoms with Crippen molar-refractivity contribution in [2.45, 2.75) is 82.2 Å². The summed E-state index contributed by atoms with van der Waals surface area (Å²) in [5, 5.41) is 2.62. The highest BCUT2D eigenvalue weighted by molar-refractivity contribution is 5.87. The zero-order valence-electron chi connectivity index (χ0n) is 31.3. The molecule has 4 heterocycles. The molecular formula is C40H48N8O7. The number of alkyl carbamates (subject to hydrolysis) is 1. The first-order valence-corrected chi connectivity index (χ1v) is 18.9. The summed E-state index contributed by atoms with van der Waals surface area (Å²) in [4.78, 5) is 70.1. The molecular weight excluding hydrogens is 704 g/mol. The van der Waals surface area contributed by atoms with E-state index in [1.165, 1.54) is 14.2 Å². The van der Waals surface area contributed by atoms with Gasteiger partial charge in [-0.25, -0.2) is 19.6 Å². The third kappa shape index (κ3) is 8.07. The Kier molecular flexibility index (Phi) is 11.2. The van der Waals surface area contributed by atoms with Crippen LogP contribution in [0, 0.1) is 5.92 Å². The molecule has 2 aromatic carbocycles. The number of hydrogen-bond donors (Lipinski definition) is 4. The maximum absolute atomic E-state index is 13.6. The van der Waals surface area contributed by atoms with Crippen molar-refractivity contribution < 1.29 is 33.4 Å². The number of ether oxygens (including phenoxy) is 3. The molecule has 15 nitrogen and oxygen atoms in total. The fourth-order valence-corrected chi connectivity index (χ4v) is 8.17. The molecule has 7 rings (SSSR count). The highest BCUT2D eigenvalue weighted by Crippen LogP contribution is 2.37. The number of nitrogens with two attached hydrogens (primary N) is 1. The summed E-state index contributed by atoms with van der Waals surface area (Å²) in [5.41, 5.74) is 11.0. The fourth-order valence-electron chi connectivity index (χ4n) is 8.17. The van der Waals surface area contributed by atoms with E-state index in [-0.39, 0.29) is 35.9 Å². The number of rotatable bonds is 11. The standard InChI is InChI=1S/C40H48N8O7/c1-23(53-2)34(46-40(52)54-3)38(50)48-19-5-7-33(48)36-43-22-31(45-36)27-14-10-25(11-15-27)24-8-12-26(13-9-24)30-21-42-35(44-30)32-6-4-18-47(32)37(49)28-16-17-29(20-28)55-39(41)51/h8-15,21-23,28-29,32-34H,4-7,16-20H2,1-3H3,(H2,41,51)(H,42,44)(H,43,45)(H,46,52)/t23?,28-,29+,32-,33?,34-/m0/s1. The highest BCUT2D eigenvalue weighted by Gasteiger charge is 2.40. The number of aromatic amines is 2. The van der Waals surface area contributed by atoms with Gasteiger partial charge in [-0.2, -0.15) is 0 Å². The van der Waals surface area contributed by atoms with Crippen LogP contribution in [0.3, 0.4) is 0 Å². The molecule has 2 saturated heterocycles. The number of benzene rings is 2. The predicted molar refractivity (Wildman–Crippen MR) is 202 cm³/mol. The predicted octanol–water partition coefficient (Wildman–Crippen LogP) is 5.48. The molecule has 1 saturated carbocycles. The second kappa shape index (κ2) is 16.3. The third-order valence-corrected chi connectivity index (χ3v) is 11.2. The number of aromatic nitrogens is 4. The topological polar surface area (TPSA) is 198 Å². The van der Waals surface area contributed by atoms with Gasteiger partial charge in [0.1, 0.15) is 23.8 Å². The minimum Gasteiger partial charge on any atom is -0.453 e. The van der Waals surface area contributed by atoms with Gasteiger partial charge in [0.25, 0.3) is 0 Å². The lowest BCUT2D eigenvalue weighted by molar-refractivity contribution is -0.138. The molecule has 1 aliphatic carbocycles. The third-order valence-electron chi connectivity index (χ3n) is 11.2. The second-order valence-corrected chi connectivity index (χ2v) is 14.5. The van der Waals surface area contributed by atoms with Crippen LogP contribution in [0.15, 0.2) is 60.9 Å². The Bertz CT molecular complexity index is 1990. The lowest BCUT2D eigenvalue weighted by Gasteiger charge is -2.30. The number of likely N-dealkylation sites (tertiary alicyclic amines) is 2. The van der Waals surface area contributed by atoms with Crippen LogP contribution in [0.1, 0.15) is 75.6 Å². The molecule has 290 valence electrons. The van der Waals surface area contributed by atoms with Crippen LogP contribution < -0.4 is 11.1 Å². The summed E-state index contributed by atoms with van der Waals surface area (Å²) in [6.45, 7) is 2.96. The smallest absolute Gasteiger partial charge is 0.407 e. The van der Waals surface area contributed by atoms with E-state index >= 15 is 0 Å². The molecule has 2 aliphatic heterocycles. The number of carbonyl (C=O) groups excluding carboxylic acids is 4. The zero-order valence-corrected chi connectivity index (χ0v) is 31.3. The minimum absolute atomic E-state index is 0.0873. The fraction of sp³-hybridized carbons (Fsp3) is 0.450. The van der Waals surface area contributed by atoms with E-state index in [0.717, 1.165) is 65.1 Å². The number of imidazole rings is 2. The van der Waals surface area contributed by atoms with E-state index in [0.29, 0.717) is 38.2 Å². The first-order chi connectivity index (χ1) is 26.6. The van der Waals surface area contributed by atoms with Gasteiger partial charge in [-0.3, -0.25) is 9.59 Å². The van der Waals surface area contributed by atoms with Gasteiger partial charge in [-0.05, 0) is 74.1 Å². The average Bonchev–Trinajstić information content (AvgIpc) is 4.05. The molecule has 3 fully saturated rings. The van der Waals surface area contributed by atoms with Crippen LogP contribution >= 0.6 is 0 Å². The van der Waals surface area contributed by atoms with Gasteiger partial charge in [0.15, 0.2) is 0 Å². The summed E-state index contributed by atoms with van der Waals surface area (Å²) >= 11 is 0. The van der Waals surface area contributed by atoms with Crippen LogP contribution in [0.2, 0.25) is 0 Å². The first-order valence-electron chi connectivity index (χ1n) is 18.9. The number of H-pyrrole nitrogens is 2. The number of nitrogens with one attached hydrogen (secondary N) is 3. The van der Waals surface area contributed by atoms with Crippen molar-refractivity contribution in [2.24, 2.45) is 11.7 Å².